The maximum atomic E-state index is 12.7. The molecular formula is C17H22BrN3O4S. The third kappa shape index (κ3) is 4.33. The molecule has 0 unspecified atom stereocenters. The SMILES string of the molecule is Cc1cc(Br)cc(C)c1S(=O)(=O)NCc1cn(C(C)(C)C)c(=O)[nH]c1=O. The molecule has 1 aromatic heterocycles. The maximum absolute atomic E-state index is 12.7. The second-order valence-corrected chi connectivity index (χ2v) is 9.77. The van der Waals surface area contributed by atoms with Gasteiger partial charge in [-0.05, 0) is 57.9 Å². The van der Waals surface area contributed by atoms with E-state index in [1.807, 2.05) is 20.8 Å². The van der Waals surface area contributed by atoms with Gasteiger partial charge in [0.05, 0.1) is 4.90 Å². The highest BCUT2D eigenvalue weighted by Gasteiger charge is 2.21. The van der Waals surface area contributed by atoms with Gasteiger partial charge >= 0.3 is 5.69 Å². The number of sulfonamides is 1. The molecule has 0 amide bonds. The van der Waals surface area contributed by atoms with Gasteiger partial charge in [-0.15, -0.1) is 0 Å². The zero-order valence-electron chi connectivity index (χ0n) is 15.3. The summed E-state index contributed by atoms with van der Waals surface area (Å²) >= 11 is 3.34. The van der Waals surface area contributed by atoms with E-state index in [9.17, 15) is 18.0 Å². The monoisotopic (exact) mass is 443 g/mol. The fourth-order valence-corrected chi connectivity index (χ4v) is 4.84. The number of aromatic amines is 1. The van der Waals surface area contributed by atoms with E-state index < -0.39 is 26.8 Å². The van der Waals surface area contributed by atoms with E-state index in [1.165, 1.54) is 10.8 Å². The Hall–Kier alpha value is -1.71. The minimum absolute atomic E-state index is 0.163. The van der Waals surface area contributed by atoms with Crippen LogP contribution in [0.3, 0.4) is 0 Å². The molecule has 0 fully saturated rings. The Morgan fingerprint density at radius 1 is 1.15 bits per heavy atom. The van der Waals surface area contributed by atoms with Crippen LogP contribution in [0.25, 0.3) is 0 Å². The van der Waals surface area contributed by atoms with Crippen LogP contribution in [0.1, 0.15) is 37.5 Å². The van der Waals surface area contributed by atoms with Crippen molar-refractivity contribution in [3.05, 3.63) is 60.3 Å². The smallest absolute Gasteiger partial charge is 0.295 e. The van der Waals surface area contributed by atoms with E-state index in [-0.39, 0.29) is 17.0 Å². The van der Waals surface area contributed by atoms with Gasteiger partial charge in [-0.3, -0.25) is 14.3 Å². The summed E-state index contributed by atoms with van der Waals surface area (Å²) in [5, 5.41) is 0. The molecule has 2 rings (SSSR count). The third-order valence-corrected chi connectivity index (χ3v) is 6.05. The van der Waals surface area contributed by atoms with Crippen molar-refractivity contribution >= 4 is 26.0 Å². The van der Waals surface area contributed by atoms with Crippen molar-refractivity contribution in [2.75, 3.05) is 0 Å². The minimum atomic E-state index is -3.82. The summed E-state index contributed by atoms with van der Waals surface area (Å²) in [5.41, 5.74) is -0.337. The van der Waals surface area contributed by atoms with E-state index in [0.29, 0.717) is 11.1 Å². The van der Waals surface area contributed by atoms with E-state index >= 15 is 0 Å². The number of aryl methyl sites for hydroxylation is 2. The molecule has 0 atom stereocenters. The zero-order valence-corrected chi connectivity index (χ0v) is 17.7. The van der Waals surface area contributed by atoms with Gasteiger partial charge in [-0.1, -0.05) is 15.9 Å². The average molecular weight is 444 g/mol. The number of benzene rings is 1. The van der Waals surface area contributed by atoms with Crippen LogP contribution in [0.2, 0.25) is 0 Å². The van der Waals surface area contributed by atoms with Gasteiger partial charge < -0.3 is 0 Å². The molecule has 0 saturated heterocycles. The summed E-state index contributed by atoms with van der Waals surface area (Å²) in [5.74, 6) is 0. The molecule has 1 aromatic carbocycles. The second-order valence-electron chi connectivity index (χ2n) is 7.15. The van der Waals surface area contributed by atoms with E-state index in [2.05, 4.69) is 25.6 Å². The molecule has 2 aromatic rings. The topological polar surface area (TPSA) is 101 Å². The van der Waals surface area contributed by atoms with Gasteiger partial charge in [0.25, 0.3) is 5.56 Å². The fraction of sp³-hybridized carbons (Fsp3) is 0.412. The molecule has 142 valence electrons. The van der Waals surface area contributed by atoms with Crippen molar-refractivity contribution < 1.29 is 8.42 Å². The first-order chi connectivity index (χ1) is 11.8. The van der Waals surface area contributed by atoms with Gasteiger partial charge in [0.15, 0.2) is 0 Å². The number of aromatic nitrogens is 2. The van der Waals surface area contributed by atoms with Crippen molar-refractivity contribution in [3.63, 3.8) is 0 Å². The third-order valence-electron chi connectivity index (χ3n) is 3.89. The average Bonchev–Trinajstić information content (AvgIpc) is 2.43. The lowest BCUT2D eigenvalue weighted by Gasteiger charge is -2.22. The Balaban J connectivity index is 2.40. The molecule has 0 bridgehead atoms. The van der Waals surface area contributed by atoms with Crippen LogP contribution in [-0.4, -0.2) is 18.0 Å². The van der Waals surface area contributed by atoms with Crippen LogP contribution in [-0.2, 0) is 22.1 Å². The van der Waals surface area contributed by atoms with Crippen molar-refractivity contribution in [1.29, 1.82) is 0 Å². The Morgan fingerprint density at radius 3 is 2.19 bits per heavy atom. The minimum Gasteiger partial charge on any atom is -0.295 e. The summed E-state index contributed by atoms with van der Waals surface area (Å²) in [6, 6.07) is 3.43. The second kappa shape index (κ2) is 7.13. The van der Waals surface area contributed by atoms with Gasteiger partial charge in [-0.2, -0.15) is 0 Å². The molecule has 0 radical (unpaired) electrons. The largest absolute Gasteiger partial charge is 0.328 e. The van der Waals surface area contributed by atoms with Gasteiger partial charge in [0.2, 0.25) is 10.0 Å². The number of rotatable bonds is 4. The van der Waals surface area contributed by atoms with Crippen molar-refractivity contribution in [2.24, 2.45) is 0 Å². The molecule has 7 nitrogen and oxygen atoms in total. The summed E-state index contributed by atoms with van der Waals surface area (Å²) in [6.07, 6.45) is 1.39. The van der Waals surface area contributed by atoms with E-state index in [4.69, 9.17) is 0 Å². The lowest BCUT2D eigenvalue weighted by Crippen LogP contribution is -2.40. The molecule has 26 heavy (non-hydrogen) atoms. The number of hydrogen-bond acceptors (Lipinski definition) is 4. The molecule has 9 heteroatoms. The lowest BCUT2D eigenvalue weighted by molar-refractivity contribution is 0.374. The highest BCUT2D eigenvalue weighted by molar-refractivity contribution is 9.10. The maximum Gasteiger partial charge on any atom is 0.328 e. The highest BCUT2D eigenvalue weighted by Crippen LogP contribution is 2.24. The Morgan fingerprint density at radius 2 is 1.69 bits per heavy atom. The zero-order chi connectivity index (χ0) is 19.9. The lowest BCUT2D eigenvalue weighted by atomic mass is 10.1. The summed E-state index contributed by atoms with van der Waals surface area (Å²) in [4.78, 5) is 26.4. The Labute approximate surface area is 160 Å². The molecule has 0 aliphatic carbocycles. The molecule has 0 aliphatic heterocycles. The molecule has 2 N–H and O–H groups in total. The van der Waals surface area contributed by atoms with Crippen LogP contribution in [0.15, 0.2) is 37.3 Å². The first-order valence-electron chi connectivity index (χ1n) is 7.94. The summed E-state index contributed by atoms with van der Waals surface area (Å²) in [6.45, 7) is 8.64. The predicted molar refractivity (Wildman–Crippen MR) is 104 cm³/mol. The van der Waals surface area contributed by atoms with Crippen LogP contribution in [0.5, 0.6) is 0 Å². The predicted octanol–water partition coefficient (Wildman–Crippen LogP) is 2.15. The van der Waals surface area contributed by atoms with E-state index in [1.54, 1.807) is 26.0 Å². The highest BCUT2D eigenvalue weighted by atomic mass is 79.9. The molecule has 0 spiro atoms. The first-order valence-corrected chi connectivity index (χ1v) is 10.2. The van der Waals surface area contributed by atoms with Crippen molar-refractivity contribution in [3.8, 4) is 0 Å². The summed E-state index contributed by atoms with van der Waals surface area (Å²) in [7, 11) is -3.82. The Bertz CT molecular complexity index is 1040. The van der Waals surface area contributed by atoms with E-state index in [0.717, 1.165) is 4.47 Å². The first kappa shape index (κ1) is 20.6. The number of nitrogens with zero attached hydrogens (tertiary/aromatic N) is 1. The van der Waals surface area contributed by atoms with Crippen molar-refractivity contribution in [1.82, 2.24) is 14.3 Å². The number of hydrogen-bond donors (Lipinski definition) is 2. The van der Waals surface area contributed by atoms with Crippen LogP contribution in [0.4, 0.5) is 0 Å². The molecular weight excluding hydrogens is 422 g/mol. The molecule has 1 heterocycles. The van der Waals surface area contributed by atoms with Crippen LogP contribution >= 0.6 is 15.9 Å². The van der Waals surface area contributed by atoms with Gasteiger partial charge in [-0.25, -0.2) is 17.9 Å². The van der Waals surface area contributed by atoms with Crippen LogP contribution in [0, 0.1) is 13.8 Å². The van der Waals surface area contributed by atoms with Gasteiger partial charge in [0.1, 0.15) is 0 Å². The number of H-pyrrole nitrogens is 1. The molecule has 0 saturated carbocycles. The molecule has 0 aliphatic rings. The Kier molecular flexibility index (Phi) is 5.65. The van der Waals surface area contributed by atoms with Crippen LogP contribution < -0.4 is 16.0 Å². The normalized spacial score (nSPS) is 12.4. The van der Waals surface area contributed by atoms with Gasteiger partial charge in [0, 0.05) is 28.3 Å². The summed E-state index contributed by atoms with van der Waals surface area (Å²) < 4.78 is 30.0. The number of nitrogens with one attached hydrogen (secondary N) is 2. The standard InChI is InChI=1S/C17H22BrN3O4S/c1-10-6-13(18)7-11(2)14(10)26(24,25)19-8-12-9-21(17(3,4)5)16(23)20-15(12)22/h6-7,9,19H,8H2,1-5H3,(H,20,22,23). The number of halogens is 1. The quantitative estimate of drug-likeness (QED) is 0.755. The fourth-order valence-electron chi connectivity index (χ4n) is 2.70. The van der Waals surface area contributed by atoms with Crippen molar-refractivity contribution in [2.45, 2.75) is 51.6 Å².